The maximum Gasteiger partial charge on any atom is 0.0283 e. The van der Waals surface area contributed by atoms with Crippen molar-refractivity contribution >= 4 is 0 Å². The minimum atomic E-state index is 0.730. The SMILES string of the molecule is C=C1CC(C(C)C)CC(CC)N1C. The molecule has 13 heavy (non-hydrogen) atoms. The quantitative estimate of drug-likeness (QED) is 0.632. The first-order chi connectivity index (χ1) is 6.06. The van der Waals surface area contributed by atoms with Crippen LogP contribution in [0.25, 0.3) is 0 Å². The number of allylic oxidation sites excluding steroid dienone is 1. The Labute approximate surface area is 82.8 Å². The average Bonchev–Trinajstić information content (AvgIpc) is 2.09. The van der Waals surface area contributed by atoms with Gasteiger partial charge < -0.3 is 4.90 Å². The van der Waals surface area contributed by atoms with E-state index >= 15 is 0 Å². The van der Waals surface area contributed by atoms with E-state index in [4.69, 9.17) is 0 Å². The summed E-state index contributed by atoms with van der Waals surface area (Å²) >= 11 is 0. The number of rotatable bonds is 2. The highest BCUT2D eigenvalue weighted by molar-refractivity contribution is 5.02. The van der Waals surface area contributed by atoms with Crippen LogP contribution in [0, 0.1) is 11.8 Å². The molecule has 0 N–H and O–H groups in total. The minimum Gasteiger partial charge on any atom is -0.375 e. The lowest BCUT2D eigenvalue weighted by molar-refractivity contribution is 0.160. The second-order valence-electron chi connectivity index (χ2n) is 4.68. The van der Waals surface area contributed by atoms with Gasteiger partial charge in [-0.3, -0.25) is 0 Å². The smallest absolute Gasteiger partial charge is 0.0283 e. The third kappa shape index (κ3) is 2.26. The Balaban J connectivity index is 2.63. The molecule has 1 fully saturated rings. The molecule has 1 heterocycles. The summed E-state index contributed by atoms with van der Waals surface area (Å²) in [5.74, 6) is 1.66. The summed E-state index contributed by atoms with van der Waals surface area (Å²) in [5, 5.41) is 0. The molecular formula is C12H23N. The third-order valence-electron chi connectivity index (χ3n) is 3.53. The van der Waals surface area contributed by atoms with Crippen LogP contribution >= 0.6 is 0 Å². The van der Waals surface area contributed by atoms with Gasteiger partial charge in [0, 0.05) is 18.8 Å². The maximum absolute atomic E-state index is 4.15. The molecule has 1 nitrogen and oxygen atoms in total. The van der Waals surface area contributed by atoms with Crippen molar-refractivity contribution in [3.63, 3.8) is 0 Å². The van der Waals surface area contributed by atoms with Crippen molar-refractivity contribution in [3.8, 4) is 0 Å². The normalized spacial score (nSPS) is 29.9. The lowest BCUT2D eigenvalue weighted by Crippen LogP contribution is -2.38. The fourth-order valence-corrected chi connectivity index (χ4v) is 2.24. The molecule has 0 aromatic rings. The molecule has 1 rings (SSSR count). The van der Waals surface area contributed by atoms with Gasteiger partial charge in [0.1, 0.15) is 0 Å². The van der Waals surface area contributed by atoms with Gasteiger partial charge in [0.2, 0.25) is 0 Å². The fourth-order valence-electron chi connectivity index (χ4n) is 2.24. The molecule has 1 aliphatic rings. The largest absolute Gasteiger partial charge is 0.375 e. The molecule has 1 saturated heterocycles. The summed E-state index contributed by atoms with van der Waals surface area (Å²) in [4.78, 5) is 2.37. The van der Waals surface area contributed by atoms with Gasteiger partial charge in [-0.05, 0) is 31.1 Å². The van der Waals surface area contributed by atoms with Gasteiger partial charge >= 0.3 is 0 Å². The van der Waals surface area contributed by atoms with Gasteiger partial charge in [-0.25, -0.2) is 0 Å². The van der Waals surface area contributed by atoms with Crippen LogP contribution in [0.4, 0.5) is 0 Å². The van der Waals surface area contributed by atoms with Crippen molar-refractivity contribution in [2.45, 2.75) is 46.1 Å². The lowest BCUT2D eigenvalue weighted by Gasteiger charge is -2.41. The first-order valence-electron chi connectivity index (χ1n) is 5.46. The maximum atomic E-state index is 4.15. The van der Waals surface area contributed by atoms with Crippen LogP contribution in [-0.2, 0) is 0 Å². The Morgan fingerprint density at radius 3 is 2.62 bits per heavy atom. The molecule has 0 spiro atoms. The summed E-state index contributed by atoms with van der Waals surface area (Å²) in [5.41, 5.74) is 1.33. The van der Waals surface area contributed by atoms with Gasteiger partial charge in [0.05, 0.1) is 0 Å². The van der Waals surface area contributed by atoms with Gasteiger partial charge in [0.25, 0.3) is 0 Å². The Morgan fingerprint density at radius 2 is 2.15 bits per heavy atom. The number of likely N-dealkylation sites (tertiary alicyclic amines) is 1. The Bertz CT molecular complexity index is 184. The second-order valence-corrected chi connectivity index (χ2v) is 4.68. The number of hydrogen-bond acceptors (Lipinski definition) is 1. The summed E-state index contributed by atoms with van der Waals surface area (Å²) < 4.78 is 0. The predicted octanol–water partition coefficient (Wildman–Crippen LogP) is 3.28. The first-order valence-corrected chi connectivity index (χ1v) is 5.46. The topological polar surface area (TPSA) is 3.24 Å². The van der Waals surface area contributed by atoms with Gasteiger partial charge in [0.15, 0.2) is 0 Å². The number of piperidine rings is 1. The van der Waals surface area contributed by atoms with E-state index < -0.39 is 0 Å². The lowest BCUT2D eigenvalue weighted by atomic mass is 9.81. The predicted molar refractivity (Wildman–Crippen MR) is 58.5 cm³/mol. The summed E-state index contributed by atoms with van der Waals surface area (Å²) in [6.07, 6.45) is 3.80. The van der Waals surface area contributed by atoms with E-state index in [1.165, 1.54) is 25.0 Å². The molecule has 0 aromatic heterocycles. The molecule has 76 valence electrons. The molecule has 0 amide bonds. The highest BCUT2D eigenvalue weighted by atomic mass is 15.1. The molecular weight excluding hydrogens is 158 g/mol. The Kier molecular flexibility index (Phi) is 3.40. The van der Waals surface area contributed by atoms with Gasteiger partial charge in [-0.2, -0.15) is 0 Å². The average molecular weight is 181 g/mol. The molecule has 0 saturated carbocycles. The van der Waals surface area contributed by atoms with Crippen LogP contribution in [0.5, 0.6) is 0 Å². The van der Waals surface area contributed by atoms with Crippen molar-refractivity contribution in [1.82, 2.24) is 4.90 Å². The van der Waals surface area contributed by atoms with E-state index in [2.05, 4.69) is 39.3 Å². The Hall–Kier alpha value is -0.460. The van der Waals surface area contributed by atoms with Crippen LogP contribution in [0.1, 0.15) is 40.0 Å². The fraction of sp³-hybridized carbons (Fsp3) is 0.833. The third-order valence-corrected chi connectivity index (χ3v) is 3.53. The standard InChI is InChI=1S/C12H23N/c1-6-12-8-11(9(2)3)7-10(4)13(12)5/h9,11-12H,4,6-8H2,1-3,5H3. The van der Waals surface area contributed by atoms with Crippen LogP contribution in [0.15, 0.2) is 12.3 Å². The van der Waals surface area contributed by atoms with Crippen LogP contribution < -0.4 is 0 Å². The van der Waals surface area contributed by atoms with Crippen molar-refractivity contribution < 1.29 is 0 Å². The molecule has 0 bridgehead atoms. The van der Waals surface area contributed by atoms with Gasteiger partial charge in [-0.15, -0.1) is 0 Å². The van der Waals surface area contributed by atoms with E-state index in [-0.39, 0.29) is 0 Å². The highest BCUT2D eigenvalue weighted by Gasteiger charge is 2.28. The zero-order chi connectivity index (χ0) is 10.0. The van der Waals surface area contributed by atoms with Crippen LogP contribution in [-0.4, -0.2) is 18.0 Å². The summed E-state index contributed by atoms with van der Waals surface area (Å²) in [6, 6.07) is 0.730. The van der Waals surface area contributed by atoms with Crippen molar-refractivity contribution in [1.29, 1.82) is 0 Å². The van der Waals surface area contributed by atoms with Crippen molar-refractivity contribution in [2.75, 3.05) is 7.05 Å². The molecule has 1 aliphatic heterocycles. The van der Waals surface area contributed by atoms with E-state index in [0.717, 1.165) is 17.9 Å². The summed E-state index contributed by atoms with van der Waals surface area (Å²) in [7, 11) is 2.19. The Morgan fingerprint density at radius 1 is 1.54 bits per heavy atom. The van der Waals surface area contributed by atoms with Crippen LogP contribution in [0.3, 0.4) is 0 Å². The highest BCUT2D eigenvalue weighted by Crippen LogP contribution is 2.33. The van der Waals surface area contributed by atoms with E-state index in [9.17, 15) is 0 Å². The van der Waals surface area contributed by atoms with Crippen LogP contribution in [0.2, 0.25) is 0 Å². The zero-order valence-electron chi connectivity index (χ0n) is 9.51. The van der Waals surface area contributed by atoms with E-state index in [0.29, 0.717) is 0 Å². The molecule has 1 heteroatoms. The number of nitrogens with zero attached hydrogens (tertiary/aromatic N) is 1. The minimum absolute atomic E-state index is 0.730. The second kappa shape index (κ2) is 4.17. The zero-order valence-corrected chi connectivity index (χ0v) is 9.51. The molecule has 0 aliphatic carbocycles. The molecule has 2 unspecified atom stereocenters. The van der Waals surface area contributed by atoms with E-state index in [1.807, 2.05) is 0 Å². The van der Waals surface area contributed by atoms with Crippen molar-refractivity contribution in [2.24, 2.45) is 11.8 Å². The molecule has 2 atom stereocenters. The van der Waals surface area contributed by atoms with E-state index in [1.54, 1.807) is 0 Å². The monoisotopic (exact) mass is 181 g/mol. The van der Waals surface area contributed by atoms with Gasteiger partial charge in [-0.1, -0.05) is 27.4 Å². The van der Waals surface area contributed by atoms with Crippen molar-refractivity contribution in [3.05, 3.63) is 12.3 Å². The molecule has 0 radical (unpaired) electrons. The number of hydrogen-bond donors (Lipinski definition) is 0. The summed E-state index contributed by atoms with van der Waals surface area (Å²) in [6.45, 7) is 11.1. The first kappa shape index (κ1) is 10.6. The molecule has 0 aromatic carbocycles.